The van der Waals surface area contributed by atoms with Gasteiger partial charge in [0.15, 0.2) is 0 Å². The van der Waals surface area contributed by atoms with Crippen molar-refractivity contribution in [2.75, 3.05) is 6.54 Å². The summed E-state index contributed by atoms with van der Waals surface area (Å²) in [7, 11) is 0. The molecule has 0 spiro atoms. The van der Waals surface area contributed by atoms with E-state index in [1.165, 1.54) is 12.1 Å². The maximum absolute atomic E-state index is 14.5. The van der Waals surface area contributed by atoms with E-state index in [4.69, 9.17) is 0 Å². The van der Waals surface area contributed by atoms with Crippen LogP contribution in [-0.4, -0.2) is 17.4 Å². The Kier molecular flexibility index (Phi) is 5.35. The molecule has 2 aromatic carbocycles. The lowest BCUT2D eigenvalue weighted by atomic mass is 9.87. The minimum Gasteiger partial charge on any atom is -0.361 e. The average molecular weight is 356 g/mol. The number of carbonyl (C=O) groups is 1. The van der Waals surface area contributed by atoms with E-state index in [0.29, 0.717) is 18.0 Å². The number of rotatable bonds is 6. The summed E-state index contributed by atoms with van der Waals surface area (Å²) in [4.78, 5) is 15.6. The molecule has 1 amide bonds. The van der Waals surface area contributed by atoms with Gasteiger partial charge in [0, 0.05) is 42.0 Å². The van der Waals surface area contributed by atoms with E-state index < -0.39 is 17.6 Å². The molecule has 0 fully saturated rings. The zero-order valence-corrected chi connectivity index (χ0v) is 14.9. The van der Waals surface area contributed by atoms with Gasteiger partial charge in [0.25, 0.3) is 0 Å². The van der Waals surface area contributed by atoms with Gasteiger partial charge in [-0.15, -0.1) is 0 Å². The van der Waals surface area contributed by atoms with Gasteiger partial charge in [-0.2, -0.15) is 0 Å². The average Bonchev–Trinajstić information content (AvgIpc) is 3.02. The van der Waals surface area contributed by atoms with E-state index >= 15 is 0 Å². The van der Waals surface area contributed by atoms with Crippen LogP contribution in [0.25, 0.3) is 10.9 Å². The van der Waals surface area contributed by atoms with Crippen molar-refractivity contribution < 1.29 is 13.6 Å². The van der Waals surface area contributed by atoms with E-state index in [2.05, 4.69) is 10.3 Å². The molecule has 0 aliphatic heterocycles. The van der Waals surface area contributed by atoms with Crippen molar-refractivity contribution in [3.63, 3.8) is 0 Å². The zero-order chi connectivity index (χ0) is 18.7. The molecule has 3 rings (SSSR count). The highest BCUT2D eigenvalue weighted by molar-refractivity contribution is 5.86. The number of hydrogen-bond acceptors (Lipinski definition) is 1. The van der Waals surface area contributed by atoms with Crippen LogP contribution in [0.2, 0.25) is 0 Å². The molecule has 0 aliphatic rings. The molecule has 0 saturated carbocycles. The fraction of sp³-hybridized carbons (Fsp3) is 0.286. The second-order valence-electron chi connectivity index (χ2n) is 6.91. The predicted molar refractivity (Wildman–Crippen MR) is 99.0 cm³/mol. The summed E-state index contributed by atoms with van der Waals surface area (Å²) in [5.41, 5.74) is 2.05. The van der Waals surface area contributed by atoms with Crippen LogP contribution in [0.15, 0.2) is 48.7 Å². The van der Waals surface area contributed by atoms with Crippen molar-refractivity contribution in [2.24, 2.45) is 5.92 Å². The third-order valence-electron chi connectivity index (χ3n) is 4.43. The number of para-hydroxylation sites is 1. The molecule has 0 bridgehead atoms. The summed E-state index contributed by atoms with van der Waals surface area (Å²) >= 11 is 0. The summed E-state index contributed by atoms with van der Waals surface area (Å²) in [5, 5.41) is 3.81. The van der Waals surface area contributed by atoms with Gasteiger partial charge in [-0.25, -0.2) is 8.78 Å². The Morgan fingerprint density at radius 1 is 1.12 bits per heavy atom. The SMILES string of the molecule is CC(C)CNC(=O)C[C@H](c1ccc(F)cc1F)c1c[nH]c2ccccc12. The van der Waals surface area contributed by atoms with Crippen LogP contribution in [0.5, 0.6) is 0 Å². The van der Waals surface area contributed by atoms with Gasteiger partial charge in [-0.1, -0.05) is 38.1 Å². The van der Waals surface area contributed by atoms with Crippen LogP contribution in [-0.2, 0) is 4.79 Å². The molecular weight excluding hydrogens is 334 g/mol. The second kappa shape index (κ2) is 7.68. The fourth-order valence-corrected chi connectivity index (χ4v) is 3.13. The number of H-pyrrole nitrogens is 1. The van der Waals surface area contributed by atoms with Gasteiger partial charge < -0.3 is 10.3 Å². The number of benzene rings is 2. The Labute approximate surface area is 151 Å². The van der Waals surface area contributed by atoms with E-state index in [1.807, 2.05) is 38.1 Å². The lowest BCUT2D eigenvalue weighted by Gasteiger charge is -2.18. The first-order valence-corrected chi connectivity index (χ1v) is 8.73. The summed E-state index contributed by atoms with van der Waals surface area (Å²) in [6, 6.07) is 11.2. The number of hydrogen-bond donors (Lipinski definition) is 2. The lowest BCUT2D eigenvalue weighted by Crippen LogP contribution is -2.29. The van der Waals surface area contributed by atoms with Crippen molar-refractivity contribution in [1.82, 2.24) is 10.3 Å². The summed E-state index contributed by atoms with van der Waals surface area (Å²) in [5.74, 6) is -1.60. The van der Waals surface area contributed by atoms with Crippen molar-refractivity contribution in [3.8, 4) is 0 Å². The third kappa shape index (κ3) is 3.93. The molecule has 0 saturated heterocycles. The number of aromatic nitrogens is 1. The topological polar surface area (TPSA) is 44.9 Å². The Balaban J connectivity index is 2.00. The molecule has 1 atom stereocenters. The van der Waals surface area contributed by atoms with E-state index in [9.17, 15) is 13.6 Å². The number of nitrogens with one attached hydrogen (secondary N) is 2. The molecule has 1 heterocycles. The molecule has 1 aromatic heterocycles. The minimum absolute atomic E-state index is 0.0944. The van der Waals surface area contributed by atoms with Crippen LogP contribution < -0.4 is 5.32 Å². The Hall–Kier alpha value is -2.69. The van der Waals surface area contributed by atoms with E-state index in [1.54, 1.807) is 6.20 Å². The van der Waals surface area contributed by atoms with Gasteiger partial charge in [0.1, 0.15) is 11.6 Å². The first-order valence-electron chi connectivity index (χ1n) is 8.73. The minimum atomic E-state index is -0.642. The summed E-state index contributed by atoms with van der Waals surface area (Å²) in [6.07, 6.45) is 1.89. The highest BCUT2D eigenvalue weighted by Crippen LogP contribution is 2.34. The first kappa shape index (κ1) is 18.1. The van der Waals surface area contributed by atoms with Crippen LogP contribution in [0.4, 0.5) is 8.78 Å². The van der Waals surface area contributed by atoms with E-state index in [-0.39, 0.29) is 12.3 Å². The zero-order valence-electron chi connectivity index (χ0n) is 14.9. The monoisotopic (exact) mass is 356 g/mol. The van der Waals surface area contributed by atoms with Crippen LogP contribution in [0, 0.1) is 17.6 Å². The van der Waals surface area contributed by atoms with Gasteiger partial charge in [-0.3, -0.25) is 4.79 Å². The fourth-order valence-electron chi connectivity index (χ4n) is 3.13. The standard InChI is InChI=1S/C21H22F2N2O/c1-13(2)11-25-21(26)10-17(15-8-7-14(22)9-19(15)23)18-12-24-20-6-4-3-5-16(18)20/h3-9,12-13,17,24H,10-11H2,1-2H3,(H,25,26)/t17-/m1/s1. The summed E-state index contributed by atoms with van der Waals surface area (Å²) < 4.78 is 27.8. The normalized spacial score (nSPS) is 12.5. The second-order valence-corrected chi connectivity index (χ2v) is 6.91. The van der Waals surface area contributed by atoms with Crippen LogP contribution in [0.1, 0.15) is 37.3 Å². The van der Waals surface area contributed by atoms with Crippen LogP contribution in [0.3, 0.4) is 0 Å². The number of aromatic amines is 1. The van der Waals surface area contributed by atoms with Gasteiger partial charge in [-0.05, 0) is 29.2 Å². The number of carbonyl (C=O) groups excluding carboxylic acids is 1. The first-order chi connectivity index (χ1) is 12.5. The largest absolute Gasteiger partial charge is 0.361 e. The maximum Gasteiger partial charge on any atom is 0.220 e. The van der Waals surface area contributed by atoms with Gasteiger partial charge in [0.2, 0.25) is 5.91 Å². The quantitative estimate of drug-likeness (QED) is 0.658. The molecular formula is C21H22F2N2O. The molecule has 26 heavy (non-hydrogen) atoms. The van der Waals surface area contributed by atoms with Gasteiger partial charge in [0.05, 0.1) is 0 Å². The number of fused-ring (bicyclic) bond motifs is 1. The van der Waals surface area contributed by atoms with Crippen molar-refractivity contribution >= 4 is 16.8 Å². The van der Waals surface area contributed by atoms with Crippen LogP contribution >= 0.6 is 0 Å². The highest BCUT2D eigenvalue weighted by atomic mass is 19.1. The molecule has 3 aromatic rings. The predicted octanol–water partition coefficient (Wildman–Crippen LogP) is 4.74. The lowest BCUT2D eigenvalue weighted by molar-refractivity contribution is -0.121. The maximum atomic E-state index is 14.5. The molecule has 5 heteroatoms. The molecule has 0 radical (unpaired) electrons. The number of amides is 1. The molecule has 0 unspecified atom stereocenters. The Morgan fingerprint density at radius 2 is 1.88 bits per heavy atom. The van der Waals surface area contributed by atoms with E-state index in [0.717, 1.165) is 22.5 Å². The Morgan fingerprint density at radius 3 is 2.62 bits per heavy atom. The molecule has 136 valence electrons. The highest BCUT2D eigenvalue weighted by Gasteiger charge is 2.24. The number of halogens is 2. The molecule has 2 N–H and O–H groups in total. The summed E-state index contributed by atoms with van der Waals surface area (Å²) in [6.45, 7) is 4.58. The smallest absolute Gasteiger partial charge is 0.220 e. The van der Waals surface area contributed by atoms with Crippen molar-refractivity contribution in [1.29, 1.82) is 0 Å². The molecule has 3 nitrogen and oxygen atoms in total. The Bertz CT molecular complexity index is 917. The van der Waals surface area contributed by atoms with Crippen molar-refractivity contribution in [3.05, 3.63) is 71.4 Å². The molecule has 0 aliphatic carbocycles. The van der Waals surface area contributed by atoms with Gasteiger partial charge >= 0.3 is 0 Å². The third-order valence-corrected chi connectivity index (χ3v) is 4.43. The van der Waals surface area contributed by atoms with Crippen molar-refractivity contribution in [2.45, 2.75) is 26.2 Å².